The molecular formula is C20H15NS. The molecule has 0 fully saturated rings. The third-order valence-corrected chi connectivity index (χ3v) is 4.86. The summed E-state index contributed by atoms with van der Waals surface area (Å²) >= 11 is 1.76. The fourth-order valence-electron chi connectivity index (χ4n) is 2.66. The van der Waals surface area contributed by atoms with Gasteiger partial charge in [-0.1, -0.05) is 54.6 Å². The summed E-state index contributed by atoms with van der Waals surface area (Å²) in [5.41, 5.74) is 7.13. The molecule has 3 aromatic rings. The highest BCUT2D eigenvalue weighted by Gasteiger charge is 2.18. The van der Waals surface area contributed by atoms with Crippen LogP contribution >= 0.6 is 11.3 Å². The molecule has 2 heterocycles. The van der Waals surface area contributed by atoms with E-state index in [-0.39, 0.29) is 0 Å². The van der Waals surface area contributed by atoms with Gasteiger partial charge in [0, 0.05) is 5.56 Å². The maximum absolute atomic E-state index is 4.75. The molecule has 0 spiro atoms. The van der Waals surface area contributed by atoms with Crippen molar-refractivity contribution >= 4 is 22.7 Å². The first-order valence-corrected chi connectivity index (χ1v) is 8.20. The Kier molecular flexibility index (Phi) is 3.24. The van der Waals surface area contributed by atoms with E-state index in [0.29, 0.717) is 0 Å². The lowest BCUT2D eigenvalue weighted by Gasteiger charge is -2.16. The Bertz CT molecular complexity index is 885. The van der Waals surface area contributed by atoms with Crippen molar-refractivity contribution in [1.82, 2.24) is 0 Å². The number of benzene rings is 2. The minimum Gasteiger partial charge on any atom is -0.247 e. The Labute approximate surface area is 134 Å². The normalized spacial score (nSPS) is 13.3. The summed E-state index contributed by atoms with van der Waals surface area (Å²) in [5, 5.41) is 2.17. The summed E-state index contributed by atoms with van der Waals surface area (Å²) in [5.74, 6) is 0. The first kappa shape index (κ1) is 13.2. The van der Waals surface area contributed by atoms with E-state index in [4.69, 9.17) is 4.99 Å². The van der Waals surface area contributed by atoms with Gasteiger partial charge >= 0.3 is 0 Å². The zero-order valence-electron chi connectivity index (χ0n) is 12.3. The summed E-state index contributed by atoms with van der Waals surface area (Å²) < 4.78 is 0. The molecule has 4 rings (SSSR count). The molecule has 1 aliphatic rings. The summed E-state index contributed by atoms with van der Waals surface area (Å²) in [7, 11) is 0. The lowest BCUT2D eigenvalue weighted by Crippen LogP contribution is -2.05. The van der Waals surface area contributed by atoms with Crippen LogP contribution in [0.1, 0.15) is 16.0 Å². The molecule has 0 radical (unpaired) electrons. The van der Waals surface area contributed by atoms with Crippen molar-refractivity contribution in [3.8, 4) is 11.1 Å². The summed E-state index contributed by atoms with van der Waals surface area (Å²) in [6.45, 7) is 2.12. The standard InChI is InChI=1S/C20H15NS/c1-14-11-20(22-13-14)19-12-18(21-19)17-10-6-5-9-16(17)15-7-3-2-4-8-15/h2-13H,1H3. The molecule has 0 saturated heterocycles. The van der Waals surface area contributed by atoms with Gasteiger partial charge in [-0.2, -0.15) is 0 Å². The lowest BCUT2D eigenvalue weighted by atomic mass is 9.95. The van der Waals surface area contributed by atoms with Gasteiger partial charge in [0.25, 0.3) is 0 Å². The number of aliphatic imine (C=N–C) groups is 1. The SMILES string of the molecule is Cc1csc(C2=NC(c3ccccc3-c3ccccc3)=C2)c1. The second kappa shape index (κ2) is 5.39. The number of aryl methyl sites for hydroxylation is 1. The van der Waals surface area contributed by atoms with Crippen molar-refractivity contribution < 1.29 is 0 Å². The van der Waals surface area contributed by atoms with Gasteiger partial charge in [0.05, 0.1) is 16.3 Å². The van der Waals surface area contributed by atoms with Crippen molar-refractivity contribution in [2.24, 2.45) is 4.99 Å². The maximum Gasteiger partial charge on any atom is 0.0831 e. The number of hydrogen-bond acceptors (Lipinski definition) is 2. The second-order valence-corrected chi connectivity index (χ2v) is 6.34. The van der Waals surface area contributed by atoms with Crippen LogP contribution < -0.4 is 0 Å². The molecule has 1 aliphatic heterocycles. The van der Waals surface area contributed by atoms with E-state index in [1.807, 2.05) is 6.07 Å². The highest BCUT2D eigenvalue weighted by atomic mass is 32.1. The van der Waals surface area contributed by atoms with Crippen molar-refractivity contribution in [3.63, 3.8) is 0 Å². The van der Waals surface area contributed by atoms with Crippen molar-refractivity contribution in [2.75, 3.05) is 0 Å². The molecule has 22 heavy (non-hydrogen) atoms. The molecule has 0 N–H and O–H groups in total. The molecule has 0 amide bonds. The number of hydrogen-bond donors (Lipinski definition) is 0. The van der Waals surface area contributed by atoms with Crippen LogP contribution in [0.3, 0.4) is 0 Å². The smallest absolute Gasteiger partial charge is 0.0831 e. The number of rotatable bonds is 3. The number of thiophene rings is 1. The lowest BCUT2D eigenvalue weighted by molar-refractivity contribution is 1.45. The maximum atomic E-state index is 4.75. The molecule has 0 aliphatic carbocycles. The van der Waals surface area contributed by atoms with Gasteiger partial charge in [0.15, 0.2) is 0 Å². The average molecular weight is 301 g/mol. The predicted molar refractivity (Wildman–Crippen MR) is 95.4 cm³/mol. The van der Waals surface area contributed by atoms with Crippen LogP contribution in [0, 0.1) is 6.92 Å². The van der Waals surface area contributed by atoms with Gasteiger partial charge in [-0.25, -0.2) is 4.99 Å². The summed E-state index contributed by atoms with van der Waals surface area (Å²) in [6.07, 6.45) is 2.19. The molecule has 1 nitrogen and oxygen atoms in total. The fraction of sp³-hybridized carbons (Fsp3) is 0.0500. The van der Waals surface area contributed by atoms with Crippen LogP contribution in [0.25, 0.3) is 16.8 Å². The quantitative estimate of drug-likeness (QED) is 0.600. The largest absolute Gasteiger partial charge is 0.247 e. The fourth-order valence-corrected chi connectivity index (χ4v) is 3.52. The van der Waals surface area contributed by atoms with Crippen molar-refractivity contribution in [3.05, 3.63) is 88.1 Å². The van der Waals surface area contributed by atoms with Crippen LogP contribution in [-0.2, 0) is 0 Å². The first-order chi connectivity index (χ1) is 10.8. The van der Waals surface area contributed by atoms with Gasteiger partial charge in [0.1, 0.15) is 0 Å². The number of nitrogens with zero attached hydrogens (tertiary/aromatic N) is 1. The Morgan fingerprint density at radius 3 is 2.23 bits per heavy atom. The van der Waals surface area contributed by atoms with E-state index in [1.54, 1.807) is 11.3 Å². The third kappa shape index (κ3) is 2.32. The van der Waals surface area contributed by atoms with E-state index in [2.05, 4.69) is 73.0 Å². The highest BCUT2D eigenvalue weighted by Crippen LogP contribution is 2.34. The minimum atomic E-state index is 1.07. The van der Waals surface area contributed by atoms with Crippen LogP contribution in [0.4, 0.5) is 0 Å². The summed E-state index contributed by atoms with van der Waals surface area (Å²) in [4.78, 5) is 6.00. The zero-order chi connectivity index (χ0) is 14.9. The van der Waals surface area contributed by atoms with Crippen LogP contribution in [-0.4, -0.2) is 5.71 Å². The molecular weight excluding hydrogens is 286 g/mol. The van der Waals surface area contributed by atoms with Crippen LogP contribution in [0.2, 0.25) is 0 Å². The van der Waals surface area contributed by atoms with Gasteiger partial charge < -0.3 is 0 Å². The minimum absolute atomic E-state index is 1.07. The Morgan fingerprint density at radius 2 is 1.55 bits per heavy atom. The monoisotopic (exact) mass is 301 g/mol. The molecule has 2 heteroatoms. The van der Waals surface area contributed by atoms with Crippen LogP contribution in [0.15, 0.2) is 77.1 Å². The Morgan fingerprint density at radius 1 is 0.864 bits per heavy atom. The molecule has 106 valence electrons. The molecule has 0 atom stereocenters. The van der Waals surface area contributed by atoms with Crippen molar-refractivity contribution in [1.29, 1.82) is 0 Å². The second-order valence-electron chi connectivity index (χ2n) is 5.43. The molecule has 0 unspecified atom stereocenters. The molecule has 1 aromatic heterocycles. The van der Waals surface area contributed by atoms with E-state index in [0.717, 1.165) is 11.4 Å². The van der Waals surface area contributed by atoms with Crippen molar-refractivity contribution in [2.45, 2.75) is 6.92 Å². The van der Waals surface area contributed by atoms with E-state index in [9.17, 15) is 0 Å². The van der Waals surface area contributed by atoms with E-state index < -0.39 is 0 Å². The highest BCUT2D eigenvalue weighted by molar-refractivity contribution is 7.12. The van der Waals surface area contributed by atoms with Gasteiger partial charge in [0.2, 0.25) is 0 Å². The van der Waals surface area contributed by atoms with Gasteiger partial charge in [-0.05, 0) is 41.1 Å². The number of allylic oxidation sites excluding steroid dienone is 1. The summed E-state index contributed by atoms with van der Waals surface area (Å²) in [6, 6.07) is 21.1. The molecule has 2 aromatic carbocycles. The van der Waals surface area contributed by atoms with Crippen LogP contribution in [0.5, 0.6) is 0 Å². The van der Waals surface area contributed by atoms with E-state index in [1.165, 1.54) is 27.1 Å². The first-order valence-electron chi connectivity index (χ1n) is 7.32. The zero-order valence-corrected chi connectivity index (χ0v) is 13.1. The topological polar surface area (TPSA) is 12.4 Å². The Balaban J connectivity index is 1.68. The van der Waals surface area contributed by atoms with Gasteiger partial charge in [-0.15, -0.1) is 11.3 Å². The van der Waals surface area contributed by atoms with Gasteiger partial charge in [-0.3, -0.25) is 0 Å². The predicted octanol–water partition coefficient (Wildman–Crippen LogP) is 5.57. The van der Waals surface area contributed by atoms with E-state index >= 15 is 0 Å². The Hall–Kier alpha value is -2.45. The average Bonchev–Trinajstić information content (AvgIpc) is 2.93. The third-order valence-electron chi connectivity index (χ3n) is 3.79. The molecule has 0 saturated carbocycles. The molecule has 0 bridgehead atoms.